The standard InChI is InChI=1S/C11H17NO3S/c1-8(16-2)3-5-12-7-9-4-6-15-10(9)11(13)14/h4,6,8,12H,3,5,7H2,1-2H3,(H,13,14). The lowest BCUT2D eigenvalue weighted by Gasteiger charge is -2.08. The Balaban J connectivity index is 2.32. The van der Waals surface area contributed by atoms with Crippen molar-refractivity contribution in [3.8, 4) is 0 Å². The van der Waals surface area contributed by atoms with Gasteiger partial charge in [-0.3, -0.25) is 0 Å². The molecule has 0 aliphatic carbocycles. The van der Waals surface area contributed by atoms with E-state index in [4.69, 9.17) is 9.52 Å². The number of rotatable bonds is 7. The summed E-state index contributed by atoms with van der Waals surface area (Å²) in [7, 11) is 0. The van der Waals surface area contributed by atoms with Crippen LogP contribution in [-0.2, 0) is 6.54 Å². The lowest BCUT2D eigenvalue weighted by molar-refractivity contribution is 0.0660. The Hall–Kier alpha value is -0.940. The Morgan fingerprint density at radius 1 is 1.69 bits per heavy atom. The third kappa shape index (κ3) is 3.90. The first kappa shape index (κ1) is 13.1. The Morgan fingerprint density at radius 3 is 3.06 bits per heavy atom. The molecule has 1 rings (SSSR count). The molecular weight excluding hydrogens is 226 g/mol. The summed E-state index contributed by atoms with van der Waals surface area (Å²) in [5, 5.41) is 12.6. The van der Waals surface area contributed by atoms with Crippen LogP contribution in [0.4, 0.5) is 0 Å². The maximum Gasteiger partial charge on any atom is 0.372 e. The molecule has 0 amide bonds. The molecule has 0 fully saturated rings. The minimum atomic E-state index is -1.01. The molecule has 1 heterocycles. The number of thioether (sulfide) groups is 1. The number of carboxylic acids is 1. The van der Waals surface area contributed by atoms with Crippen LogP contribution in [0, 0.1) is 0 Å². The van der Waals surface area contributed by atoms with Crippen LogP contribution in [0.2, 0.25) is 0 Å². The molecule has 5 heteroatoms. The maximum absolute atomic E-state index is 10.7. The highest BCUT2D eigenvalue weighted by Crippen LogP contribution is 2.11. The van der Waals surface area contributed by atoms with Crippen LogP contribution in [0.3, 0.4) is 0 Å². The summed E-state index contributed by atoms with van der Waals surface area (Å²) in [5.74, 6) is -0.982. The molecule has 0 saturated heterocycles. The van der Waals surface area contributed by atoms with Crippen molar-refractivity contribution in [1.29, 1.82) is 0 Å². The maximum atomic E-state index is 10.7. The fourth-order valence-electron chi connectivity index (χ4n) is 1.31. The van der Waals surface area contributed by atoms with Gasteiger partial charge in [0.05, 0.1) is 6.26 Å². The predicted octanol–water partition coefficient (Wildman–Crippen LogP) is 2.21. The van der Waals surface area contributed by atoms with Crippen LogP contribution in [0.25, 0.3) is 0 Å². The molecular formula is C11H17NO3S. The molecule has 90 valence electrons. The number of hydrogen-bond acceptors (Lipinski definition) is 4. The van der Waals surface area contributed by atoms with Crippen molar-refractivity contribution in [3.63, 3.8) is 0 Å². The summed E-state index contributed by atoms with van der Waals surface area (Å²) < 4.78 is 4.88. The first-order chi connectivity index (χ1) is 7.65. The molecule has 1 unspecified atom stereocenters. The molecule has 0 radical (unpaired) electrons. The van der Waals surface area contributed by atoms with Gasteiger partial charge in [0.25, 0.3) is 0 Å². The Bertz CT molecular complexity index is 338. The van der Waals surface area contributed by atoms with Gasteiger partial charge in [0.15, 0.2) is 0 Å². The van der Waals surface area contributed by atoms with Crippen LogP contribution in [0.15, 0.2) is 16.7 Å². The second-order valence-electron chi connectivity index (χ2n) is 3.59. The van der Waals surface area contributed by atoms with E-state index in [2.05, 4.69) is 18.5 Å². The Kier molecular flexibility index (Phi) is 5.42. The van der Waals surface area contributed by atoms with E-state index >= 15 is 0 Å². The first-order valence-electron chi connectivity index (χ1n) is 5.18. The number of carbonyl (C=O) groups is 1. The van der Waals surface area contributed by atoms with Gasteiger partial charge in [-0.25, -0.2) is 4.79 Å². The molecule has 1 aromatic heterocycles. The average Bonchev–Trinajstić information content (AvgIpc) is 2.72. The summed E-state index contributed by atoms with van der Waals surface area (Å²) in [6.45, 7) is 3.60. The van der Waals surface area contributed by atoms with Crippen LogP contribution in [0.5, 0.6) is 0 Å². The molecule has 0 aliphatic rings. The number of nitrogens with one attached hydrogen (secondary N) is 1. The van der Waals surface area contributed by atoms with Gasteiger partial charge in [-0.15, -0.1) is 0 Å². The van der Waals surface area contributed by atoms with Gasteiger partial charge >= 0.3 is 5.97 Å². The zero-order chi connectivity index (χ0) is 12.0. The summed E-state index contributed by atoms with van der Waals surface area (Å²) in [6, 6.07) is 1.69. The van der Waals surface area contributed by atoms with Gasteiger partial charge in [-0.2, -0.15) is 11.8 Å². The molecule has 0 aliphatic heterocycles. The largest absolute Gasteiger partial charge is 0.475 e. The van der Waals surface area contributed by atoms with E-state index in [1.807, 2.05) is 11.8 Å². The summed E-state index contributed by atoms with van der Waals surface area (Å²) in [5.41, 5.74) is 0.698. The first-order valence-corrected chi connectivity index (χ1v) is 6.47. The van der Waals surface area contributed by atoms with E-state index in [1.165, 1.54) is 6.26 Å². The van der Waals surface area contributed by atoms with Gasteiger partial charge in [-0.1, -0.05) is 6.92 Å². The fraction of sp³-hybridized carbons (Fsp3) is 0.545. The monoisotopic (exact) mass is 243 g/mol. The van der Waals surface area contributed by atoms with Gasteiger partial charge in [0.1, 0.15) is 0 Å². The normalized spacial score (nSPS) is 12.6. The van der Waals surface area contributed by atoms with E-state index in [9.17, 15) is 4.79 Å². The molecule has 2 N–H and O–H groups in total. The van der Waals surface area contributed by atoms with Crippen LogP contribution in [-0.4, -0.2) is 29.1 Å². The van der Waals surface area contributed by atoms with E-state index in [0.717, 1.165) is 13.0 Å². The minimum Gasteiger partial charge on any atom is -0.475 e. The minimum absolute atomic E-state index is 0.0328. The van der Waals surface area contributed by atoms with E-state index in [-0.39, 0.29) is 5.76 Å². The molecule has 1 atom stereocenters. The summed E-state index contributed by atoms with van der Waals surface area (Å²) >= 11 is 1.83. The van der Waals surface area contributed by atoms with Crippen molar-refractivity contribution in [2.24, 2.45) is 0 Å². The molecule has 4 nitrogen and oxygen atoms in total. The number of furan rings is 1. The highest BCUT2D eigenvalue weighted by molar-refractivity contribution is 7.99. The number of carboxylic acid groups (broad SMARTS) is 1. The molecule has 16 heavy (non-hydrogen) atoms. The highest BCUT2D eigenvalue weighted by Gasteiger charge is 2.12. The third-order valence-electron chi connectivity index (χ3n) is 2.39. The molecule has 0 spiro atoms. The Morgan fingerprint density at radius 2 is 2.44 bits per heavy atom. The lowest BCUT2D eigenvalue weighted by atomic mass is 10.2. The van der Waals surface area contributed by atoms with E-state index in [1.54, 1.807) is 6.07 Å². The average molecular weight is 243 g/mol. The SMILES string of the molecule is CSC(C)CCNCc1ccoc1C(=O)O. The van der Waals surface area contributed by atoms with Crippen LogP contribution < -0.4 is 5.32 Å². The van der Waals surface area contributed by atoms with Crippen LogP contribution >= 0.6 is 11.8 Å². The Labute approximate surface area is 99.4 Å². The van der Waals surface area contributed by atoms with Crippen molar-refractivity contribution in [2.45, 2.75) is 25.1 Å². The third-order valence-corrected chi connectivity index (χ3v) is 3.43. The smallest absolute Gasteiger partial charge is 0.372 e. The summed E-state index contributed by atoms with van der Waals surface area (Å²) in [6.07, 6.45) is 4.57. The van der Waals surface area contributed by atoms with Crippen molar-refractivity contribution < 1.29 is 14.3 Å². The van der Waals surface area contributed by atoms with Gasteiger partial charge in [0.2, 0.25) is 5.76 Å². The van der Waals surface area contributed by atoms with E-state index < -0.39 is 5.97 Å². The molecule has 1 aromatic rings. The highest BCUT2D eigenvalue weighted by atomic mass is 32.2. The number of hydrogen-bond donors (Lipinski definition) is 2. The molecule has 0 aromatic carbocycles. The van der Waals surface area contributed by atoms with Gasteiger partial charge in [-0.05, 0) is 25.3 Å². The quantitative estimate of drug-likeness (QED) is 0.719. The van der Waals surface area contributed by atoms with Crippen molar-refractivity contribution >= 4 is 17.7 Å². The zero-order valence-corrected chi connectivity index (χ0v) is 10.3. The summed E-state index contributed by atoms with van der Waals surface area (Å²) in [4.78, 5) is 10.7. The fourth-order valence-corrected chi connectivity index (χ4v) is 1.66. The van der Waals surface area contributed by atoms with Crippen molar-refractivity contribution in [3.05, 3.63) is 23.7 Å². The number of aromatic carboxylic acids is 1. The molecule has 0 bridgehead atoms. The zero-order valence-electron chi connectivity index (χ0n) is 9.53. The van der Waals surface area contributed by atoms with Crippen molar-refractivity contribution in [2.75, 3.05) is 12.8 Å². The topological polar surface area (TPSA) is 62.5 Å². The predicted molar refractivity (Wildman–Crippen MR) is 65.0 cm³/mol. The van der Waals surface area contributed by atoms with Crippen molar-refractivity contribution in [1.82, 2.24) is 5.32 Å². The molecule has 0 saturated carbocycles. The van der Waals surface area contributed by atoms with Gasteiger partial charge < -0.3 is 14.8 Å². The lowest BCUT2D eigenvalue weighted by Crippen LogP contribution is -2.18. The van der Waals surface area contributed by atoms with E-state index in [0.29, 0.717) is 17.4 Å². The van der Waals surface area contributed by atoms with Gasteiger partial charge in [0, 0.05) is 17.4 Å². The second-order valence-corrected chi connectivity index (χ2v) is 4.87. The second kappa shape index (κ2) is 6.60. The van der Waals surface area contributed by atoms with Crippen LogP contribution in [0.1, 0.15) is 29.5 Å².